The average molecular weight is 284 g/mol. The number of rotatable bonds is 4. The van der Waals surface area contributed by atoms with E-state index in [1.165, 1.54) is 6.07 Å². The van der Waals surface area contributed by atoms with E-state index < -0.39 is 0 Å². The van der Waals surface area contributed by atoms with Crippen molar-refractivity contribution in [2.45, 2.75) is 13.1 Å². The summed E-state index contributed by atoms with van der Waals surface area (Å²) in [5.74, 6) is -0.297. The van der Waals surface area contributed by atoms with E-state index in [-0.39, 0.29) is 5.82 Å². The highest BCUT2D eigenvalue weighted by Crippen LogP contribution is 2.16. The molecule has 0 aliphatic carbocycles. The molecule has 2 aromatic carbocycles. The molecule has 0 amide bonds. The molecule has 18 heavy (non-hydrogen) atoms. The fourth-order valence-corrected chi connectivity index (χ4v) is 2.00. The van der Waals surface area contributed by atoms with Gasteiger partial charge in [0.15, 0.2) is 0 Å². The van der Waals surface area contributed by atoms with Crippen molar-refractivity contribution in [1.82, 2.24) is 5.32 Å². The van der Waals surface area contributed by atoms with Gasteiger partial charge in [-0.25, -0.2) is 4.39 Å². The molecule has 0 saturated heterocycles. The summed E-state index contributed by atoms with van der Waals surface area (Å²) < 4.78 is 13.5. The predicted octanol–water partition coefficient (Wildman–Crippen LogP) is 4.42. The highest BCUT2D eigenvalue weighted by molar-refractivity contribution is 6.31. The predicted molar refractivity (Wildman–Crippen MR) is 73.4 cm³/mol. The van der Waals surface area contributed by atoms with Crippen molar-refractivity contribution >= 4 is 23.2 Å². The Labute approximate surface area is 116 Å². The van der Waals surface area contributed by atoms with Gasteiger partial charge >= 0.3 is 0 Å². The van der Waals surface area contributed by atoms with Crippen LogP contribution in [-0.4, -0.2) is 0 Å². The summed E-state index contributed by atoms with van der Waals surface area (Å²) in [5.41, 5.74) is 1.58. The minimum Gasteiger partial charge on any atom is -0.308 e. The standard InChI is InChI=1S/C14H12Cl2FN/c15-12-6-5-11(14(17)7-12)9-18-8-10-3-1-2-4-13(10)16/h1-7,18H,8-9H2. The zero-order chi connectivity index (χ0) is 13.0. The van der Waals surface area contributed by atoms with Crippen LogP contribution >= 0.6 is 23.2 Å². The van der Waals surface area contributed by atoms with Crippen molar-refractivity contribution in [2.75, 3.05) is 0 Å². The van der Waals surface area contributed by atoms with E-state index in [0.717, 1.165) is 5.56 Å². The number of hydrogen-bond acceptors (Lipinski definition) is 1. The molecule has 94 valence electrons. The third-order valence-corrected chi connectivity index (χ3v) is 3.21. The number of benzene rings is 2. The lowest BCUT2D eigenvalue weighted by molar-refractivity contribution is 0.588. The van der Waals surface area contributed by atoms with Crippen molar-refractivity contribution in [1.29, 1.82) is 0 Å². The minimum atomic E-state index is -0.297. The van der Waals surface area contributed by atoms with Crippen molar-refractivity contribution in [2.24, 2.45) is 0 Å². The smallest absolute Gasteiger partial charge is 0.129 e. The van der Waals surface area contributed by atoms with E-state index in [1.807, 2.05) is 24.3 Å². The third kappa shape index (κ3) is 3.45. The quantitative estimate of drug-likeness (QED) is 0.876. The molecule has 0 unspecified atom stereocenters. The largest absolute Gasteiger partial charge is 0.308 e. The molecular formula is C14H12Cl2FN. The lowest BCUT2D eigenvalue weighted by Crippen LogP contribution is -2.13. The molecular weight excluding hydrogens is 272 g/mol. The third-order valence-electron chi connectivity index (χ3n) is 2.60. The lowest BCUT2D eigenvalue weighted by atomic mass is 10.2. The van der Waals surface area contributed by atoms with Gasteiger partial charge in [-0.1, -0.05) is 47.5 Å². The average Bonchev–Trinajstić information content (AvgIpc) is 2.34. The van der Waals surface area contributed by atoms with Crippen LogP contribution in [-0.2, 0) is 13.1 Å². The Kier molecular flexibility index (Phi) is 4.59. The Balaban J connectivity index is 1.95. The van der Waals surface area contributed by atoms with Crippen LogP contribution in [0.4, 0.5) is 4.39 Å². The first-order valence-electron chi connectivity index (χ1n) is 5.55. The summed E-state index contributed by atoms with van der Waals surface area (Å²) in [5, 5.41) is 4.27. The van der Waals surface area contributed by atoms with E-state index in [9.17, 15) is 4.39 Å². The molecule has 1 nitrogen and oxygen atoms in total. The molecule has 0 aliphatic heterocycles. The fraction of sp³-hybridized carbons (Fsp3) is 0.143. The first-order valence-corrected chi connectivity index (χ1v) is 6.30. The molecule has 0 atom stereocenters. The molecule has 2 rings (SSSR count). The first-order chi connectivity index (χ1) is 8.66. The highest BCUT2D eigenvalue weighted by Gasteiger charge is 2.03. The van der Waals surface area contributed by atoms with Crippen LogP contribution in [0.25, 0.3) is 0 Å². The second-order valence-corrected chi connectivity index (χ2v) is 4.77. The Morgan fingerprint density at radius 1 is 0.944 bits per heavy atom. The van der Waals surface area contributed by atoms with Gasteiger partial charge < -0.3 is 5.32 Å². The van der Waals surface area contributed by atoms with Gasteiger partial charge in [-0.3, -0.25) is 0 Å². The van der Waals surface area contributed by atoms with Gasteiger partial charge in [0.2, 0.25) is 0 Å². The van der Waals surface area contributed by atoms with E-state index in [1.54, 1.807) is 12.1 Å². The van der Waals surface area contributed by atoms with E-state index >= 15 is 0 Å². The van der Waals surface area contributed by atoms with Crippen LogP contribution < -0.4 is 5.32 Å². The topological polar surface area (TPSA) is 12.0 Å². The van der Waals surface area contributed by atoms with Gasteiger partial charge in [0.1, 0.15) is 5.82 Å². The second-order valence-electron chi connectivity index (χ2n) is 3.93. The summed E-state index contributed by atoms with van der Waals surface area (Å²) in [4.78, 5) is 0. The first kappa shape index (κ1) is 13.3. The Bertz CT molecular complexity index is 543. The maximum absolute atomic E-state index is 13.5. The van der Waals surface area contributed by atoms with Crippen molar-refractivity contribution in [3.8, 4) is 0 Å². The summed E-state index contributed by atoms with van der Waals surface area (Å²) in [6.45, 7) is 1.04. The van der Waals surface area contributed by atoms with Gasteiger partial charge in [-0.05, 0) is 23.8 Å². The van der Waals surface area contributed by atoms with Crippen LogP contribution in [0.5, 0.6) is 0 Å². The SMILES string of the molecule is Fc1cc(Cl)ccc1CNCc1ccccc1Cl. The van der Waals surface area contributed by atoms with E-state index in [4.69, 9.17) is 23.2 Å². The Morgan fingerprint density at radius 2 is 1.67 bits per heavy atom. The highest BCUT2D eigenvalue weighted by atomic mass is 35.5. The maximum atomic E-state index is 13.5. The molecule has 4 heteroatoms. The molecule has 0 radical (unpaired) electrons. The van der Waals surface area contributed by atoms with Crippen LogP contribution in [0, 0.1) is 5.82 Å². The molecule has 0 aliphatic rings. The molecule has 0 heterocycles. The molecule has 1 N–H and O–H groups in total. The van der Waals surface area contributed by atoms with Crippen LogP contribution in [0.15, 0.2) is 42.5 Å². The maximum Gasteiger partial charge on any atom is 0.129 e. The number of nitrogens with one attached hydrogen (secondary N) is 1. The van der Waals surface area contributed by atoms with Gasteiger partial charge in [-0.15, -0.1) is 0 Å². The molecule has 0 spiro atoms. The second kappa shape index (κ2) is 6.19. The lowest BCUT2D eigenvalue weighted by Gasteiger charge is -2.07. The Morgan fingerprint density at radius 3 is 2.39 bits per heavy atom. The number of halogens is 3. The summed E-state index contributed by atoms with van der Waals surface area (Å²) in [7, 11) is 0. The summed E-state index contributed by atoms with van der Waals surface area (Å²) >= 11 is 11.7. The van der Waals surface area contributed by atoms with E-state index in [0.29, 0.717) is 28.7 Å². The van der Waals surface area contributed by atoms with Crippen LogP contribution in [0.2, 0.25) is 10.0 Å². The monoisotopic (exact) mass is 283 g/mol. The summed E-state index contributed by atoms with van der Waals surface area (Å²) in [6.07, 6.45) is 0. The Hall–Kier alpha value is -1.09. The van der Waals surface area contributed by atoms with Gasteiger partial charge in [0.05, 0.1) is 0 Å². The van der Waals surface area contributed by atoms with Crippen LogP contribution in [0.1, 0.15) is 11.1 Å². The van der Waals surface area contributed by atoms with Crippen LogP contribution in [0.3, 0.4) is 0 Å². The molecule has 0 bridgehead atoms. The zero-order valence-corrected chi connectivity index (χ0v) is 11.1. The van der Waals surface area contributed by atoms with Crippen molar-refractivity contribution in [3.63, 3.8) is 0 Å². The fourth-order valence-electron chi connectivity index (χ4n) is 1.64. The zero-order valence-electron chi connectivity index (χ0n) is 9.59. The summed E-state index contributed by atoms with van der Waals surface area (Å²) in [6, 6.07) is 12.2. The number of hydrogen-bond donors (Lipinski definition) is 1. The normalized spacial score (nSPS) is 10.6. The minimum absolute atomic E-state index is 0.297. The van der Waals surface area contributed by atoms with Gasteiger partial charge in [0, 0.05) is 28.7 Å². The van der Waals surface area contributed by atoms with E-state index in [2.05, 4.69) is 5.32 Å². The van der Waals surface area contributed by atoms with Crippen molar-refractivity contribution < 1.29 is 4.39 Å². The van der Waals surface area contributed by atoms with Gasteiger partial charge in [0.25, 0.3) is 0 Å². The van der Waals surface area contributed by atoms with Crippen molar-refractivity contribution in [3.05, 3.63) is 69.5 Å². The molecule has 0 saturated carbocycles. The molecule has 0 aromatic heterocycles. The van der Waals surface area contributed by atoms with Gasteiger partial charge in [-0.2, -0.15) is 0 Å². The molecule has 0 fully saturated rings. The molecule has 2 aromatic rings.